The molecule has 0 unspecified atom stereocenters. The van der Waals surface area contributed by atoms with Crippen LogP contribution in [0.15, 0.2) is 53.0 Å². The third-order valence-corrected chi connectivity index (χ3v) is 4.17. The number of hydrazine groups is 1. The second-order valence-electron chi connectivity index (χ2n) is 5.41. The summed E-state index contributed by atoms with van der Waals surface area (Å²) in [6, 6.07) is 10.9. The highest BCUT2D eigenvalue weighted by molar-refractivity contribution is 9.10. The van der Waals surface area contributed by atoms with E-state index in [1.807, 2.05) is 0 Å². The van der Waals surface area contributed by atoms with E-state index in [4.69, 9.17) is 0 Å². The first-order valence-corrected chi connectivity index (χ1v) is 8.19. The molecule has 128 valence electrons. The lowest BCUT2D eigenvalue weighted by Gasteiger charge is -2.16. The molecule has 1 heterocycles. The van der Waals surface area contributed by atoms with Crippen molar-refractivity contribution in [1.82, 2.24) is 10.9 Å². The smallest absolute Gasteiger partial charge is 0.265 e. The van der Waals surface area contributed by atoms with Crippen molar-refractivity contribution in [3.8, 4) is 0 Å². The van der Waals surface area contributed by atoms with Gasteiger partial charge in [0.1, 0.15) is 11.9 Å². The van der Waals surface area contributed by atoms with E-state index in [9.17, 15) is 18.8 Å². The number of nitrogens with one attached hydrogen (secondary N) is 2. The molecule has 1 atom stereocenters. The van der Waals surface area contributed by atoms with Gasteiger partial charge in [-0.2, -0.15) is 0 Å². The minimum absolute atomic E-state index is 0.102. The molecule has 0 saturated carbocycles. The van der Waals surface area contributed by atoms with Gasteiger partial charge in [-0.25, -0.2) is 14.7 Å². The number of imide groups is 1. The van der Waals surface area contributed by atoms with Gasteiger partial charge in [0, 0.05) is 10.0 Å². The fourth-order valence-corrected chi connectivity index (χ4v) is 2.86. The van der Waals surface area contributed by atoms with Crippen molar-refractivity contribution in [3.05, 3.63) is 64.4 Å². The van der Waals surface area contributed by atoms with Crippen molar-refractivity contribution < 1.29 is 18.8 Å². The Hall–Kier alpha value is -2.58. The van der Waals surface area contributed by atoms with Crippen LogP contribution in [-0.2, 0) is 9.59 Å². The molecule has 2 aromatic carbocycles. The minimum atomic E-state index is -0.881. The Labute approximate surface area is 151 Å². The van der Waals surface area contributed by atoms with Gasteiger partial charge in [-0.15, -0.1) is 0 Å². The summed E-state index contributed by atoms with van der Waals surface area (Å²) in [5.74, 6) is -1.82. The molecule has 3 rings (SSSR count). The summed E-state index contributed by atoms with van der Waals surface area (Å²) in [6.07, 6.45) is -0.102. The van der Waals surface area contributed by atoms with Crippen LogP contribution in [0.5, 0.6) is 0 Å². The first-order chi connectivity index (χ1) is 12.0. The van der Waals surface area contributed by atoms with Gasteiger partial charge in [-0.1, -0.05) is 22.0 Å². The van der Waals surface area contributed by atoms with E-state index in [1.54, 1.807) is 24.3 Å². The molecule has 6 nitrogen and oxygen atoms in total. The van der Waals surface area contributed by atoms with Crippen LogP contribution in [0.3, 0.4) is 0 Å². The number of anilines is 1. The summed E-state index contributed by atoms with van der Waals surface area (Å²) in [5, 5.41) is 0. The summed E-state index contributed by atoms with van der Waals surface area (Å²) in [6.45, 7) is 0. The lowest BCUT2D eigenvalue weighted by atomic mass is 10.2. The second-order valence-corrected chi connectivity index (χ2v) is 6.32. The number of halogens is 2. The molecule has 0 spiro atoms. The molecule has 2 aromatic rings. The maximum absolute atomic E-state index is 13.0. The van der Waals surface area contributed by atoms with Crippen LogP contribution in [0.1, 0.15) is 16.8 Å². The molecular formula is C17H13BrFN3O3. The van der Waals surface area contributed by atoms with Crippen molar-refractivity contribution in [2.75, 3.05) is 4.90 Å². The minimum Gasteiger partial charge on any atom is -0.287 e. The van der Waals surface area contributed by atoms with E-state index in [0.29, 0.717) is 11.3 Å². The second kappa shape index (κ2) is 7.12. The summed E-state index contributed by atoms with van der Waals surface area (Å²) in [4.78, 5) is 37.5. The molecule has 1 aliphatic heterocycles. The van der Waals surface area contributed by atoms with Gasteiger partial charge in [-0.3, -0.25) is 19.8 Å². The summed E-state index contributed by atoms with van der Waals surface area (Å²) >= 11 is 3.27. The zero-order valence-corrected chi connectivity index (χ0v) is 14.4. The first-order valence-electron chi connectivity index (χ1n) is 7.39. The van der Waals surface area contributed by atoms with Gasteiger partial charge in [0.15, 0.2) is 0 Å². The fraction of sp³-hybridized carbons (Fsp3) is 0.118. The Bertz CT molecular complexity index is 841. The maximum Gasteiger partial charge on any atom is 0.265 e. The quantitative estimate of drug-likeness (QED) is 0.603. The van der Waals surface area contributed by atoms with Crippen LogP contribution in [0.2, 0.25) is 0 Å². The lowest BCUT2D eigenvalue weighted by molar-refractivity contribution is -0.121. The lowest BCUT2D eigenvalue weighted by Crippen LogP contribution is -2.48. The topological polar surface area (TPSA) is 78.5 Å². The number of benzene rings is 2. The SMILES string of the molecule is O=C(NN[C@@H]1CC(=O)N(c2ccc(F)cc2)C1=O)c1cccc(Br)c1. The Balaban J connectivity index is 1.66. The molecule has 1 aliphatic rings. The molecule has 1 fully saturated rings. The van der Waals surface area contributed by atoms with Crippen LogP contribution < -0.4 is 15.8 Å². The van der Waals surface area contributed by atoms with Crippen molar-refractivity contribution >= 4 is 39.3 Å². The molecule has 0 aromatic heterocycles. The molecule has 8 heteroatoms. The van der Waals surface area contributed by atoms with Crippen LogP contribution >= 0.6 is 15.9 Å². The van der Waals surface area contributed by atoms with E-state index >= 15 is 0 Å². The Kier molecular flexibility index (Phi) is 4.91. The molecule has 0 aliphatic carbocycles. The number of carbonyl (C=O) groups is 3. The van der Waals surface area contributed by atoms with E-state index in [2.05, 4.69) is 26.8 Å². The number of nitrogens with zero attached hydrogens (tertiary/aromatic N) is 1. The van der Waals surface area contributed by atoms with E-state index in [-0.39, 0.29) is 6.42 Å². The van der Waals surface area contributed by atoms with Gasteiger partial charge in [0.25, 0.3) is 11.8 Å². The van der Waals surface area contributed by atoms with Crippen molar-refractivity contribution in [1.29, 1.82) is 0 Å². The third kappa shape index (κ3) is 3.75. The van der Waals surface area contributed by atoms with Gasteiger partial charge in [-0.05, 0) is 42.5 Å². The zero-order valence-electron chi connectivity index (χ0n) is 12.8. The van der Waals surface area contributed by atoms with Crippen LogP contribution in [0, 0.1) is 5.82 Å². The number of rotatable bonds is 4. The largest absolute Gasteiger partial charge is 0.287 e. The average Bonchev–Trinajstić information content (AvgIpc) is 2.87. The van der Waals surface area contributed by atoms with E-state index in [0.717, 1.165) is 9.37 Å². The molecule has 0 bridgehead atoms. The molecule has 3 amide bonds. The van der Waals surface area contributed by atoms with Crippen molar-refractivity contribution in [2.45, 2.75) is 12.5 Å². The predicted octanol–water partition coefficient (Wildman–Crippen LogP) is 2.15. The Morgan fingerprint density at radius 1 is 1.16 bits per heavy atom. The summed E-state index contributed by atoms with van der Waals surface area (Å²) < 4.78 is 13.7. The number of hydrogen-bond acceptors (Lipinski definition) is 4. The van der Waals surface area contributed by atoms with Gasteiger partial charge < -0.3 is 0 Å². The van der Waals surface area contributed by atoms with Crippen LogP contribution in [-0.4, -0.2) is 23.8 Å². The highest BCUT2D eigenvalue weighted by atomic mass is 79.9. The van der Waals surface area contributed by atoms with E-state index < -0.39 is 29.6 Å². The van der Waals surface area contributed by atoms with Gasteiger partial charge >= 0.3 is 0 Å². The standard InChI is InChI=1S/C17H13BrFN3O3/c18-11-3-1-2-10(8-11)16(24)21-20-14-9-15(23)22(17(14)25)13-6-4-12(19)5-7-13/h1-8,14,20H,9H2,(H,21,24)/t14-/m1/s1. The monoisotopic (exact) mass is 405 g/mol. The number of amides is 3. The van der Waals surface area contributed by atoms with Gasteiger partial charge in [0.2, 0.25) is 5.91 Å². The zero-order chi connectivity index (χ0) is 18.0. The Morgan fingerprint density at radius 2 is 1.88 bits per heavy atom. The number of hydrogen-bond donors (Lipinski definition) is 2. The fourth-order valence-electron chi connectivity index (χ4n) is 2.46. The first kappa shape index (κ1) is 17.2. The van der Waals surface area contributed by atoms with Crippen LogP contribution in [0.4, 0.5) is 10.1 Å². The third-order valence-electron chi connectivity index (χ3n) is 3.68. The highest BCUT2D eigenvalue weighted by Crippen LogP contribution is 2.22. The van der Waals surface area contributed by atoms with Crippen molar-refractivity contribution in [2.24, 2.45) is 0 Å². The molecule has 2 N–H and O–H groups in total. The average molecular weight is 406 g/mol. The predicted molar refractivity (Wildman–Crippen MR) is 92.0 cm³/mol. The molecule has 25 heavy (non-hydrogen) atoms. The summed E-state index contributed by atoms with van der Waals surface area (Å²) in [7, 11) is 0. The Morgan fingerprint density at radius 3 is 2.56 bits per heavy atom. The molecular weight excluding hydrogens is 393 g/mol. The summed E-state index contributed by atoms with van der Waals surface area (Å²) in [5.41, 5.74) is 5.71. The maximum atomic E-state index is 13.0. The van der Waals surface area contributed by atoms with Crippen molar-refractivity contribution in [3.63, 3.8) is 0 Å². The molecule has 0 radical (unpaired) electrons. The van der Waals surface area contributed by atoms with E-state index in [1.165, 1.54) is 24.3 Å². The number of carbonyl (C=O) groups excluding carboxylic acids is 3. The van der Waals surface area contributed by atoms with Crippen LogP contribution in [0.25, 0.3) is 0 Å². The van der Waals surface area contributed by atoms with Gasteiger partial charge in [0.05, 0.1) is 12.1 Å². The normalized spacial score (nSPS) is 17.0. The molecule has 1 saturated heterocycles. The highest BCUT2D eigenvalue weighted by Gasteiger charge is 2.39.